The minimum atomic E-state index is -4.54. The van der Waals surface area contributed by atoms with Gasteiger partial charge in [0.15, 0.2) is 0 Å². The monoisotopic (exact) mass is 303 g/mol. The van der Waals surface area contributed by atoms with Gasteiger partial charge in [0, 0.05) is 7.05 Å². The van der Waals surface area contributed by atoms with Crippen LogP contribution in [0, 0.1) is 0 Å². The fraction of sp³-hybridized carbons (Fsp3) is 0.385. The van der Waals surface area contributed by atoms with Gasteiger partial charge < -0.3 is 5.32 Å². The van der Waals surface area contributed by atoms with Gasteiger partial charge >= 0.3 is 12.2 Å². The van der Waals surface area contributed by atoms with Gasteiger partial charge in [0.1, 0.15) is 6.04 Å². The highest BCUT2D eigenvalue weighted by atomic mass is 19.4. The second-order valence-electron chi connectivity index (χ2n) is 4.40. The highest BCUT2D eigenvalue weighted by Gasteiger charge is 2.43. The second kappa shape index (κ2) is 7.07. The molecule has 0 unspecified atom stereocenters. The molecule has 21 heavy (non-hydrogen) atoms. The molecule has 0 saturated heterocycles. The molecular weight excluding hydrogens is 287 g/mol. The highest BCUT2D eigenvalue weighted by Crippen LogP contribution is 2.36. The molecule has 0 aliphatic rings. The number of carbonyl (C=O) groups is 2. The van der Waals surface area contributed by atoms with Crippen LogP contribution in [0.25, 0.3) is 0 Å². The van der Waals surface area contributed by atoms with Crippen molar-refractivity contribution >= 4 is 11.9 Å². The first-order valence-corrected chi connectivity index (χ1v) is 6.09. The van der Waals surface area contributed by atoms with E-state index in [1.165, 1.54) is 38.4 Å². The number of nitrogens with zero attached hydrogens (tertiary/aromatic N) is 1. The number of alkyl halides is 3. The Balaban J connectivity index is 2.85. The number of nitrogens with one attached hydrogen (secondary N) is 2. The molecule has 116 valence electrons. The molecule has 0 aliphatic carbocycles. The van der Waals surface area contributed by atoms with Gasteiger partial charge in [-0.2, -0.15) is 13.2 Å². The van der Waals surface area contributed by atoms with E-state index in [9.17, 15) is 22.8 Å². The number of halogens is 3. The van der Waals surface area contributed by atoms with Crippen LogP contribution in [-0.4, -0.2) is 43.7 Å². The van der Waals surface area contributed by atoms with E-state index in [1.54, 1.807) is 6.07 Å². The Morgan fingerprint density at radius 2 is 1.81 bits per heavy atom. The number of imide groups is 1. The second-order valence-corrected chi connectivity index (χ2v) is 4.40. The summed E-state index contributed by atoms with van der Waals surface area (Å²) in [6, 6.07) is 4.58. The molecule has 5 nitrogen and oxygen atoms in total. The lowest BCUT2D eigenvalue weighted by molar-refractivity contribution is -0.183. The third-order valence-electron chi connectivity index (χ3n) is 2.74. The van der Waals surface area contributed by atoms with Crippen LogP contribution in [0.3, 0.4) is 0 Å². The van der Waals surface area contributed by atoms with E-state index >= 15 is 0 Å². The Morgan fingerprint density at radius 1 is 1.24 bits per heavy atom. The van der Waals surface area contributed by atoms with Crippen molar-refractivity contribution < 1.29 is 22.8 Å². The lowest BCUT2D eigenvalue weighted by Crippen LogP contribution is -2.45. The van der Waals surface area contributed by atoms with Gasteiger partial charge in [-0.1, -0.05) is 30.3 Å². The molecule has 1 aromatic rings. The largest absolute Gasteiger partial charge is 0.408 e. The summed E-state index contributed by atoms with van der Waals surface area (Å²) in [6.07, 6.45) is -4.54. The standard InChI is InChI=1S/C13H16F3N3O2/c1-17-12(21)18-10(20)8-19(2)11(13(14,15)16)9-6-4-3-5-7-9/h3-7,11H,8H2,1-2H3,(H2,17,18,20,21)/t11-/m1/s1. The van der Waals surface area contributed by atoms with E-state index in [0.29, 0.717) is 0 Å². The van der Waals surface area contributed by atoms with Crippen LogP contribution in [0.5, 0.6) is 0 Å². The van der Waals surface area contributed by atoms with Crippen molar-refractivity contribution in [3.63, 3.8) is 0 Å². The SMILES string of the molecule is CNC(=O)NC(=O)CN(C)[C@H](c1ccccc1)C(F)(F)F. The first-order valence-electron chi connectivity index (χ1n) is 6.09. The quantitative estimate of drug-likeness (QED) is 0.889. The summed E-state index contributed by atoms with van der Waals surface area (Å²) in [6.45, 7) is -0.563. The molecule has 8 heteroatoms. The summed E-state index contributed by atoms with van der Waals surface area (Å²) < 4.78 is 39.5. The van der Waals surface area contributed by atoms with Crippen molar-refractivity contribution in [2.45, 2.75) is 12.2 Å². The number of carbonyl (C=O) groups excluding carboxylic acids is 2. The lowest BCUT2D eigenvalue weighted by atomic mass is 10.1. The summed E-state index contributed by atoms with van der Waals surface area (Å²) in [5.41, 5.74) is 0.0280. The summed E-state index contributed by atoms with van der Waals surface area (Å²) in [7, 11) is 2.48. The van der Waals surface area contributed by atoms with E-state index in [1.807, 2.05) is 5.32 Å². The van der Waals surface area contributed by atoms with Crippen molar-refractivity contribution in [2.24, 2.45) is 0 Å². The third-order valence-corrected chi connectivity index (χ3v) is 2.74. The van der Waals surface area contributed by atoms with Gasteiger partial charge in [0.2, 0.25) is 5.91 Å². The van der Waals surface area contributed by atoms with Crippen LogP contribution in [-0.2, 0) is 4.79 Å². The molecule has 1 rings (SSSR count). The zero-order valence-corrected chi connectivity index (χ0v) is 11.6. The van der Waals surface area contributed by atoms with Crippen molar-refractivity contribution in [1.82, 2.24) is 15.5 Å². The van der Waals surface area contributed by atoms with Crippen LogP contribution in [0.2, 0.25) is 0 Å². The predicted molar refractivity (Wildman–Crippen MR) is 70.5 cm³/mol. The van der Waals surface area contributed by atoms with Gasteiger partial charge in [-0.05, 0) is 12.6 Å². The molecular formula is C13H16F3N3O2. The maximum absolute atomic E-state index is 13.2. The fourth-order valence-electron chi connectivity index (χ4n) is 1.88. The molecule has 0 heterocycles. The van der Waals surface area contributed by atoms with Crippen LogP contribution in [0.4, 0.5) is 18.0 Å². The fourth-order valence-corrected chi connectivity index (χ4v) is 1.88. The molecule has 0 bridgehead atoms. The zero-order valence-electron chi connectivity index (χ0n) is 11.6. The molecule has 1 aromatic carbocycles. The number of hydrogen-bond acceptors (Lipinski definition) is 3. The van der Waals surface area contributed by atoms with Gasteiger partial charge in [0.05, 0.1) is 6.54 Å². The summed E-state index contributed by atoms with van der Waals surface area (Å²) in [4.78, 5) is 23.3. The molecule has 0 fully saturated rings. The number of rotatable bonds is 4. The van der Waals surface area contributed by atoms with Crippen LogP contribution in [0.1, 0.15) is 11.6 Å². The Hall–Kier alpha value is -2.09. The number of benzene rings is 1. The first-order chi connectivity index (χ1) is 9.75. The van der Waals surface area contributed by atoms with Crippen molar-refractivity contribution in [3.8, 4) is 0 Å². The maximum atomic E-state index is 13.2. The summed E-state index contributed by atoms with van der Waals surface area (Å²) in [5.74, 6) is -0.818. The minimum Gasteiger partial charge on any atom is -0.341 e. The van der Waals surface area contributed by atoms with Crippen molar-refractivity contribution in [1.29, 1.82) is 0 Å². The molecule has 0 saturated carbocycles. The average molecular weight is 303 g/mol. The molecule has 2 N–H and O–H groups in total. The smallest absolute Gasteiger partial charge is 0.341 e. The predicted octanol–water partition coefficient (Wildman–Crippen LogP) is 1.68. The van der Waals surface area contributed by atoms with Crippen molar-refractivity contribution in [3.05, 3.63) is 35.9 Å². The van der Waals surface area contributed by atoms with E-state index in [2.05, 4.69) is 5.32 Å². The van der Waals surface area contributed by atoms with E-state index in [4.69, 9.17) is 0 Å². The van der Waals surface area contributed by atoms with Gasteiger partial charge in [-0.25, -0.2) is 4.79 Å². The Labute approximate surface area is 120 Å². The van der Waals surface area contributed by atoms with Gasteiger partial charge in [-0.3, -0.25) is 15.0 Å². The molecule has 0 aliphatic heterocycles. The first kappa shape index (κ1) is 17.0. The minimum absolute atomic E-state index is 0.0280. The van der Waals surface area contributed by atoms with Crippen LogP contribution < -0.4 is 10.6 Å². The third kappa shape index (κ3) is 5.07. The topological polar surface area (TPSA) is 61.4 Å². The molecule has 0 aromatic heterocycles. The molecule has 0 radical (unpaired) electrons. The molecule has 1 atom stereocenters. The van der Waals surface area contributed by atoms with E-state index in [-0.39, 0.29) is 5.56 Å². The van der Waals surface area contributed by atoms with E-state index < -0.39 is 30.7 Å². The van der Waals surface area contributed by atoms with E-state index in [0.717, 1.165) is 4.90 Å². The van der Waals surface area contributed by atoms with Crippen LogP contribution >= 0.6 is 0 Å². The number of hydrogen-bond donors (Lipinski definition) is 2. The van der Waals surface area contributed by atoms with Crippen molar-refractivity contribution in [2.75, 3.05) is 20.6 Å². The number of urea groups is 1. The maximum Gasteiger partial charge on any atom is 0.408 e. The Bertz CT molecular complexity index is 491. The summed E-state index contributed by atoms with van der Waals surface area (Å²) in [5, 5.41) is 4.07. The normalized spacial score (nSPS) is 12.9. The molecule has 3 amide bonds. The number of likely N-dealkylation sites (N-methyl/N-ethyl adjacent to an activating group) is 1. The molecule has 0 spiro atoms. The van der Waals surface area contributed by atoms with Gasteiger partial charge in [-0.15, -0.1) is 0 Å². The van der Waals surface area contributed by atoms with Crippen LogP contribution in [0.15, 0.2) is 30.3 Å². The average Bonchev–Trinajstić information content (AvgIpc) is 2.37. The lowest BCUT2D eigenvalue weighted by Gasteiger charge is -2.29. The number of amides is 3. The van der Waals surface area contributed by atoms with Gasteiger partial charge in [0.25, 0.3) is 0 Å². The Kier molecular flexibility index (Phi) is 5.71. The summed E-state index contributed by atoms with van der Waals surface area (Å²) >= 11 is 0. The highest BCUT2D eigenvalue weighted by molar-refractivity contribution is 5.95. The zero-order chi connectivity index (χ0) is 16.0. The Morgan fingerprint density at radius 3 is 2.29 bits per heavy atom.